The van der Waals surface area contributed by atoms with Crippen LogP contribution in [0.1, 0.15) is 25.6 Å². The van der Waals surface area contributed by atoms with Gasteiger partial charge in [-0.15, -0.1) is 11.3 Å². The number of aromatic nitrogens is 1. The Morgan fingerprint density at radius 3 is 2.82 bits per heavy atom. The van der Waals surface area contributed by atoms with Gasteiger partial charge < -0.3 is 10.1 Å². The standard InChI is InChI=1S/C11H18N2O2S2/c1-11(2,3)15-10(14)13-8(6-16)4-9-5-12-7-17-9/h5,7-8,16H,4,6H2,1-3H3,(H,13,14). The summed E-state index contributed by atoms with van der Waals surface area (Å²) < 4.78 is 5.19. The molecule has 0 aliphatic carbocycles. The number of nitrogens with one attached hydrogen (secondary N) is 1. The van der Waals surface area contributed by atoms with Crippen molar-refractivity contribution >= 4 is 30.1 Å². The van der Waals surface area contributed by atoms with Gasteiger partial charge in [-0.2, -0.15) is 12.6 Å². The van der Waals surface area contributed by atoms with Gasteiger partial charge in [0, 0.05) is 29.3 Å². The van der Waals surface area contributed by atoms with E-state index >= 15 is 0 Å². The lowest BCUT2D eigenvalue weighted by Gasteiger charge is -2.22. The minimum absolute atomic E-state index is 0.0337. The maximum Gasteiger partial charge on any atom is 0.407 e. The summed E-state index contributed by atoms with van der Waals surface area (Å²) in [6.07, 6.45) is 2.13. The van der Waals surface area contributed by atoms with Crippen molar-refractivity contribution in [3.8, 4) is 0 Å². The predicted octanol–water partition coefficient (Wildman–Crippen LogP) is 2.51. The van der Waals surface area contributed by atoms with E-state index in [1.807, 2.05) is 20.8 Å². The first-order chi connectivity index (χ1) is 7.90. The maximum atomic E-state index is 11.6. The molecule has 1 aromatic heterocycles. The molecule has 96 valence electrons. The van der Waals surface area contributed by atoms with E-state index < -0.39 is 11.7 Å². The largest absolute Gasteiger partial charge is 0.444 e. The summed E-state index contributed by atoms with van der Waals surface area (Å²) in [6, 6.07) is -0.0337. The Morgan fingerprint density at radius 2 is 2.35 bits per heavy atom. The summed E-state index contributed by atoms with van der Waals surface area (Å²) in [5.41, 5.74) is 1.30. The van der Waals surface area contributed by atoms with Gasteiger partial charge in [0.15, 0.2) is 0 Å². The van der Waals surface area contributed by atoms with Crippen molar-refractivity contribution in [1.82, 2.24) is 10.3 Å². The summed E-state index contributed by atoms with van der Waals surface area (Å²) in [6.45, 7) is 5.52. The van der Waals surface area contributed by atoms with E-state index in [9.17, 15) is 4.79 Å². The highest BCUT2D eigenvalue weighted by Crippen LogP contribution is 2.11. The van der Waals surface area contributed by atoms with Crippen LogP contribution in [0, 0.1) is 0 Å². The summed E-state index contributed by atoms with van der Waals surface area (Å²) in [7, 11) is 0. The van der Waals surface area contributed by atoms with Crippen molar-refractivity contribution in [2.75, 3.05) is 5.75 Å². The number of nitrogens with zero attached hydrogens (tertiary/aromatic N) is 1. The van der Waals surface area contributed by atoms with Gasteiger partial charge in [0.1, 0.15) is 5.60 Å². The molecule has 0 saturated heterocycles. The summed E-state index contributed by atoms with van der Waals surface area (Å²) in [4.78, 5) is 16.7. The Bertz CT molecular complexity index is 347. The highest BCUT2D eigenvalue weighted by molar-refractivity contribution is 7.80. The van der Waals surface area contributed by atoms with Crippen LogP contribution in [-0.4, -0.2) is 28.5 Å². The van der Waals surface area contributed by atoms with Crippen molar-refractivity contribution in [2.24, 2.45) is 0 Å². The number of carbonyl (C=O) groups is 1. The quantitative estimate of drug-likeness (QED) is 0.830. The van der Waals surface area contributed by atoms with Gasteiger partial charge in [0.05, 0.1) is 5.51 Å². The van der Waals surface area contributed by atoms with Crippen LogP contribution in [0.2, 0.25) is 0 Å². The first-order valence-electron chi connectivity index (χ1n) is 5.38. The maximum absolute atomic E-state index is 11.6. The van der Waals surface area contributed by atoms with Gasteiger partial charge >= 0.3 is 6.09 Å². The van der Waals surface area contributed by atoms with E-state index in [1.165, 1.54) is 0 Å². The van der Waals surface area contributed by atoms with Crippen LogP contribution in [0.25, 0.3) is 0 Å². The zero-order valence-corrected chi connectivity index (χ0v) is 12.0. The van der Waals surface area contributed by atoms with Crippen LogP contribution in [-0.2, 0) is 11.2 Å². The molecule has 1 unspecified atom stereocenters. The minimum Gasteiger partial charge on any atom is -0.444 e. The molecule has 0 aliphatic heterocycles. The topological polar surface area (TPSA) is 51.2 Å². The molecule has 0 aromatic carbocycles. The Balaban J connectivity index is 2.44. The third-order valence-electron chi connectivity index (χ3n) is 1.87. The van der Waals surface area contributed by atoms with Crippen LogP contribution >= 0.6 is 24.0 Å². The van der Waals surface area contributed by atoms with E-state index in [1.54, 1.807) is 23.0 Å². The molecule has 0 saturated carbocycles. The van der Waals surface area contributed by atoms with E-state index in [-0.39, 0.29) is 6.04 Å². The molecule has 1 heterocycles. The smallest absolute Gasteiger partial charge is 0.407 e. The van der Waals surface area contributed by atoms with Gasteiger partial charge in [-0.3, -0.25) is 4.98 Å². The number of alkyl carbamates (subject to hydrolysis) is 1. The zero-order chi connectivity index (χ0) is 12.9. The predicted molar refractivity (Wildman–Crippen MR) is 72.8 cm³/mol. The lowest BCUT2D eigenvalue weighted by Crippen LogP contribution is -2.41. The molecule has 0 aliphatic rings. The average molecular weight is 274 g/mol. The normalized spacial score (nSPS) is 13.2. The minimum atomic E-state index is -0.476. The highest BCUT2D eigenvalue weighted by atomic mass is 32.1. The Morgan fingerprint density at radius 1 is 1.65 bits per heavy atom. The molecular weight excluding hydrogens is 256 g/mol. The number of thiol groups is 1. The van der Waals surface area contributed by atoms with E-state index in [4.69, 9.17) is 4.74 Å². The van der Waals surface area contributed by atoms with Gasteiger partial charge in [-0.1, -0.05) is 0 Å². The Labute approximate surface area is 111 Å². The van der Waals surface area contributed by atoms with Gasteiger partial charge in [-0.25, -0.2) is 4.79 Å². The molecule has 0 spiro atoms. The van der Waals surface area contributed by atoms with Crippen LogP contribution < -0.4 is 5.32 Å². The molecule has 4 nitrogen and oxygen atoms in total. The number of hydrogen-bond donors (Lipinski definition) is 2. The lowest BCUT2D eigenvalue weighted by atomic mass is 10.2. The van der Waals surface area contributed by atoms with Crippen molar-refractivity contribution in [3.05, 3.63) is 16.6 Å². The summed E-state index contributed by atoms with van der Waals surface area (Å²) in [5.74, 6) is 0.567. The molecule has 0 radical (unpaired) electrons. The van der Waals surface area contributed by atoms with Crippen molar-refractivity contribution in [3.63, 3.8) is 0 Å². The van der Waals surface area contributed by atoms with Crippen molar-refractivity contribution in [2.45, 2.75) is 38.8 Å². The molecule has 1 amide bonds. The third-order valence-corrected chi connectivity index (χ3v) is 3.12. The molecule has 1 aromatic rings. The van der Waals surface area contributed by atoms with Crippen molar-refractivity contribution in [1.29, 1.82) is 0 Å². The fourth-order valence-corrected chi connectivity index (χ4v) is 2.12. The van der Waals surface area contributed by atoms with Crippen LogP contribution in [0.15, 0.2) is 11.7 Å². The fourth-order valence-electron chi connectivity index (χ4n) is 1.22. The molecule has 1 rings (SSSR count). The van der Waals surface area contributed by atoms with Crippen molar-refractivity contribution < 1.29 is 9.53 Å². The molecular formula is C11H18N2O2S2. The zero-order valence-electron chi connectivity index (χ0n) is 10.3. The number of hydrogen-bond acceptors (Lipinski definition) is 5. The fraction of sp³-hybridized carbons (Fsp3) is 0.636. The lowest BCUT2D eigenvalue weighted by molar-refractivity contribution is 0.0510. The Hall–Kier alpha value is -0.750. The second kappa shape index (κ2) is 6.26. The van der Waals surface area contributed by atoms with Crippen LogP contribution in [0.4, 0.5) is 4.79 Å². The number of thiazole rings is 1. The average Bonchev–Trinajstić information content (AvgIpc) is 2.66. The highest BCUT2D eigenvalue weighted by Gasteiger charge is 2.19. The molecule has 1 N–H and O–H groups in total. The van der Waals surface area contributed by atoms with E-state index in [0.717, 1.165) is 11.3 Å². The SMILES string of the molecule is CC(C)(C)OC(=O)NC(CS)Cc1cncs1. The molecule has 0 bridgehead atoms. The molecule has 17 heavy (non-hydrogen) atoms. The second-order valence-corrected chi connectivity index (χ2v) is 6.03. The van der Waals surface area contributed by atoms with E-state index in [2.05, 4.69) is 22.9 Å². The number of carbonyl (C=O) groups excluding carboxylic acids is 1. The van der Waals surface area contributed by atoms with Gasteiger partial charge in [-0.05, 0) is 20.8 Å². The number of rotatable bonds is 4. The molecule has 0 fully saturated rings. The van der Waals surface area contributed by atoms with Gasteiger partial charge in [0.25, 0.3) is 0 Å². The van der Waals surface area contributed by atoms with Crippen LogP contribution in [0.5, 0.6) is 0 Å². The van der Waals surface area contributed by atoms with Crippen LogP contribution in [0.3, 0.4) is 0 Å². The second-order valence-electron chi connectivity index (χ2n) is 4.70. The Kier molecular flexibility index (Phi) is 5.27. The first kappa shape index (κ1) is 14.3. The summed E-state index contributed by atoms with van der Waals surface area (Å²) >= 11 is 5.80. The van der Waals surface area contributed by atoms with Gasteiger partial charge in [0.2, 0.25) is 0 Å². The molecule has 1 atom stereocenters. The molecule has 6 heteroatoms. The number of amides is 1. The summed E-state index contributed by atoms with van der Waals surface area (Å²) in [5, 5.41) is 2.80. The first-order valence-corrected chi connectivity index (χ1v) is 6.89. The van der Waals surface area contributed by atoms with E-state index in [0.29, 0.717) is 5.75 Å². The number of ether oxygens (including phenoxy) is 1. The monoisotopic (exact) mass is 274 g/mol. The third kappa shape index (κ3) is 5.93.